The Hall–Kier alpha value is -1.42. The van der Waals surface area contributed by atoms with E-state index in [4.69, 9.17) is 22.1 Å². The van der Waals surface area contributed by atoms with Gasteiger partial charge in [-0.2, -0.15) is 0 Å². The second-order valence-electron chi connectivity index (χ2n) is 3.45. The zero-order valence-electron chi connectivity index (χ0n) is 8.16. The number of hydrogen-bond acceptors (Lipinski definition) is 3. The lowest BCUT2D eigenvalue weighted by Crippen LogP contribution is -2.47. The van der Waals surface area contributed by atoms with E-state index < -0.39 is 6.23 Å². The normalized spacial score (nSPS) is 21.2. The van der Waals surface area contributed by atoms with Crippen LogP contribution in [0.25, 0.3) is 0 Å². The summed E-state index contributed by atoms with van der Waals surface area (Å²) in [6, 6.07) is 4.95. The van der Waals surface area contributed by atoms with E-state index in [1.54, 1.807) is 25.1 Å². The van der Waals surface area contributed by atoms with Crippen molar-refractivity contribution in [2.75, 3.05) is 5.73 Å². The van der Waals surface area contributed by atoms with Crippen molar-refractivity contribution in [2.24, 2.45) is 0 Å². The zero-order valence-corrected chi connectivity index (χ0v) is 8.91. The monoisotopic (exact) mass is 226 g/mol. The predicted molar refractivity (Wildman–Crippen MR) is 58.1 cm³/mol. The van der Waals surface area contributed by atoms with Gasteiger partial charge in [-0.3, -0.25) is 4.79 Å². The van der Waals surface area contributed by atoms with Gasteiger partial charge < -0.3 is 15.8 Å². The molecular formula is C10H11ClN2O2. The quantitative estimate of drug-likeness (QED) is 0.561. The number of carbonyl (C=O) groups excluding carboxylic acids is 1. The number of halogens is 1. The highest BCUT2D eigenvalue weighted by Gasteiger charge is 2.28. The first kappa shape index (κ1) is 10.1. The van der Waals surface area contributed by atoms with E-state index in [9.17, 15) is 4.79 Å². The van der Waals surface area contributed by atoms with Gasteiger partial charge in [0.15, 0.2) is 6.23 Å². The average Bonchev–Trinajstić information content (AvgIpc) is 2.18. The van der Waals surface area contributed by atoms with Gasteiger partial charge in [0.1, 0.15) is 5.75 Å². The molecule has 2 rings (SSSR count). The van der Waals surface area contributed by atoms with Crippen molar-refractivity contribution in [3.63, 3.8) is 0 Å². The van der Waals surface area contributed by atoms with Crippen molar-refractivity contribution in [3.8, 4) is 5.75 Å². The molecule has 2 atom stereocenters. The molecule has 2 unspecified atom stereocenters. The molecule has 0 bridgehead atoms. The second-order valence-corrected chi connectivity index (χ2v) is 4.13. The Morgan fingerprint density at radius 1 is 1.60 bits per heavy atom. The Balaban J connectivity index is 2.37. The maximum Gasteiger partial charge on any atom is 0.257 e. The van der Waals surface area contributed by atoms with Crippen molar-refractivity contribution in [1.82, 2.24) is 5.32 Å². The number of hydrogen-bond donors (Lipinski definition) is 2. The van der Waals surface area contributed by atoms with Crippen LogP contribution in [0.3, 0.4) is 0 Å². The van der Waals surface area contributed by atoms with E-state index >= 15 is 0 Å². The maximum atomic E-state index is 11.6. The van der Waals surface area contributed by atoms with Crippen molar-refractivity contribution >= 4 is 23.2 Å². The van der Waals surface area contributed by atoms with Gasteiger partial charge in [-0.15, -0.1) is 11.6 Å². The van der Waals surface area contributed by atoms with Crippen molar-refractivity contribution in [2.45, 2.75) is 18.5 Å². The minimum absolute atomic E-state index is 0.207. The molecule has 15 heavy (non-hydrogen) atoms. The third-order valence-corrected chi connectivity index (χ3v) is 2.42. The average molecular weight is 227 g/mol. The lowest BCUT2D eigenvalue weighted by Gasteiger charge is -2.28. The molecule has 0 spiro atoms. The first-order valence-corrected chi connectivity index (χ1v) is 5.02. The fourth-order valence-corrected chi connectivity index (χ4v) is 1.52. The van der Waals surface area contributed by atoms with Crippen LogP contribution in [0.15, 0.2) is 18.2 Å². The van der Waals surface area contributed by atoms with Gasteiger partial charge in [-0.1, -0.05) is 0 Å². The van der Waals surface area contributed by atoms with Gasteiger partial charge in [-0.25, -0.2) is 0 Å². The Bertz CT molecular complexity index is 406. The summed E-state index contributed by atoms with van der Waals surface area (Å²) < 4.78 is 5.50. The van der Waals surface area contributed by atoms with E-state index in [2.05, 4.69) is 5.32 Å². The summed E-state index contributed by atoms with van der Waals surface area (Å²) in [5, 5.41) is 2.36. The van der Waals surface area contributed by atoms with E-state index in [0.29, 0.717) is 17.0 Å². The van der Waals surface area contributed by atoms with Crippen LogP contribution in [-0.4, -0.2) is 17.5 Å². The molecule has 1 aromatic carbocycles. The molecule has 0 aromatic heterocycles. The Morgan fingerprint density at radius 3 is 3.00 bits per heavy atom. The van der Waals surface area contributed by atoms with Gasteiger partial charge in [-0.05, 0) is 25.1 Å². The van der Waals surface area contributed by atoms with Gasteiger partial charge in [0, 0.05) is 5.69 Å². The van der Waals surface area contributed by atoms with E-state index in [0.717, 1.165) is 0 Å². The zero-order chi connectivity index (χ0) is 11.0. The van der Waals surface area contributed by atoms with Crippen LogP contribution in [-0.2, 0) is 0 Å². The van der Waals surface area contributed by atoms with Crippen LogP contribution in [0.5, 0.6) is 5.75 Å². The smallest absolute Gasteiger partial charge is 0.257 e. The molecule has 4 nitrogen and oxygen atoms in total. The van der Waals surface area contributed by atoms with Crippen LogP contribution in [0.4, 0.5) is 5.69 Å². The summed E-state index contributed by atoms with van der Waals surface area (Å²) in [7, 11) is 0. The molecule has 1 heterocycles. The van der Waals surface area contributed by atoms with E-state index in [1.807, 2.05) is 0 Å². The molecule has 3 N–H and O–H groups in total. The molecule has 1 aliphatic rings. The Labute approximate surface area is 92.4 Å². The molecule has 5 heteroatoms. The summed E-state index contributed by atoms with van der Waals surface area (Å²) in [5.41, 5.74) is 6.56. The fraction of sp³-hybridized carbons (Fsp3) is 0.300. The molecular weight excluding hydrogens is 216 g/mol. The molecule has 80 valence electrons. The van der Waals surface area contributed by atoms with Crippen LogP contribution >= 0.6 is 11.6 Å². The number of ether oxygens (including phenoxy) is 1. The Kier molecular flexibility index (Phi) is 2.44. The lowest BCUT2D eigenvalue weighted by molar-refractivity contribution is 0.0756. The molecule has 0 saturated carbocycles. The minimum atomic E-state index is -0.490. The number of benzene rings is 1. The van der Waals surface area contributed by atoms with Crippen LogP contribution in [0, 0.1) is 0 Å². The number of nitrogens with one attached hydrogen (secondary N) is 1. The predicted octanol–water partition coefficient (Wildman–Crippen LogP) is 1.34. The highest BCUT2D eigenvalue weighted by atomic mass is 35.5. The van der Waals surface area contributed by atoms with Crippen molar-refractivity contribution < 1.29 is 9.53 Å². The van der Waals surface area contributed by atoms with Gasteiger partial charge in [0.25, 0.3) is 5.91 Å². The summed E-state index contributed by atoms with van der Waals surface area (Å²) in [6.45, 7) is 1.76. The summed E-state index contributed by atoms with van der Waals surface area (Å²) >= 11 is 5.86. The maximum absolute atomic E-state index is 11.6. The molecule has 0 fully saturated rings. The van der Waals surface area contributed by atoms with E-state index in [-0.39, 0.29) is 11.3 Å². The SMILES string of the molecule is CC(Cl)C1NC(=O)c2cc(N)ccc2O1. The van der Waals surface area contributed by atoms with E-state index in [1.165, 1.54) is 0 Å². The number of rotatable bonds is 1. The molecule has 0 radical (unpaired) electrons. The summed E-state index contributed by atoms with van der Waals surface area (Å²) in [6.07, 6.45) is -0.490. The highest BCUT2D eigenvalue weighted by Crippen LogP contribution is 2.26. The third-order valence-electron chi connectivity index (χ3n) is 2.19. The first-order chi connectivity index (χ1) is 7.08. The number of fused-ring (bicyclic) bond motifs is 1. The largest absolute Gasteiger partial charge is 0.468 e. The molecule has 0 saturated heterocycles. The van der Waals surface area contributed by atoms with Gasteiger partial charge in [0.2, 0.25) is 0 Å². The summed E-state index contributed by atoms with van der Waals surface area (Å²) in [4.78, 5) is 11.6. The molecule has 0 aliphatic carbocycles. The molecule has 1 amide bonds. The number of nitrogens with two attached hydrogens (primary N) is 1. The van der Waals surface area contributed by atoms with Gasteiger partial charge >= 0.3 is 0 Å². The minimum Gasteiger partial charge on any atom is -0.468 e. The fourth-order valence-electron chi connectivity index (χ4n) is 1.41. The third kappa shape index (κ3) is 1.85. The number of anilines is 1. The van der Waals surface area contributed by atoms with Crippen molar-refractivity contribution in [1.29, 1.82) is 0 Å². The highest BCUT2D eigenvalue weighted by molar-refractivity contribution is 6.21. The molecule has 1 aromatic rings. The molecule has 1 aliphatic heterocycles. The second kappa shape index (κ2) is 3.62. The standard InChI is InChI=1S/C10H11ClN2O2/c1-5(11)10-13-9(14)7-4-6(12)2-3-8(7)15-10/h2-5,10H,12H2,1H3,(H,13,14). The van der Waals surface area contributed by atoms with Gasteiger partial charge in [0.05, 0.1) is 10.9 Å². The first-order valence-electron chi connectivity index (χ1n) is 4.59. The van der Waals surface area contributed by atoms with Crippen LogP contribution in [0.1, 0.15) is 17.3 Å². The number of carbonyl (C=O) groups is 1. The topological polar surface area (TPSA) is 64.4 Å². The summed E-state index contributed by atoms with van der Waals surface area (Å²) in [5.74, 6) is 0.312. The van der Waals surface area contributed by atoms with Crippen LogP contribution in [0.2, 0.25) is 0 Å². The number of amides is 1. The number of alkyl halides is 1. The lowest BCUT2D eigenvalue weighted by atomic mass is 10.1. The van der Waals surface area contributed by atoms with Crippen LogP contribution < -0.4 is 15.8 Å². The van der Waals surface area contributed by atoms with Crippen molar-refractivity contribution in [3.05, 3.63) is 23.8 Å². The number of nitrogen functional groups attached to an aromatic ring is 1. The Morgan fingerprint density at radius 2 is 2.33 bits per heavy atom.